The molecule has 0 N–H and O–H groups in total. The summed E-state index contributed by atoms with van der Waals surface area (Å²) in [4.78, 5) is 29.2. The van der Waals surface area contributed by atoms with Gasteiger partial charge in [0, 0.05) is 46.4 Å². The van der Waals surface area contributed by atoms with Crippen molar-refractivity contribution in [3.8, 4) is 0 Å². The van der Waals surface area contributed by atoms with Crippen molar-refractivity contribution in [3.05, 3.63) is 11.6 Å². The fourth-order valence-corrected chi connectivity index (χ4v) is 2.02. The van der Waals surface area contributed by atoms with Gasteiger partial charge in [0.05, 0.1) is 6.54 Å². The maximum Gasteiger partial charge on any atom is 0.246 e. The van der Waals surface area contributed by atoms with E-state index in [1.807, 2.05) is 18.7 Å². The van der Waals surface area contributed by atoms with Crippen LogP contribution in [0.25, 0.3) is 0 Å². The Kier molecular flexibility index (Phi) is 6.02. The summed E-state index contributed by atoms with van der Waals surface area (Å²) in [6.45, 7) is 7.41. The highest BCUT2D eigenvalue weighted by atomic mass is 16.2. The van der Waals surface area contributed by atoms with Gasteiger partial charge in [-0.3, -0.25) is 14.5 Å². The van der Waals surface area contributed by atoms with Gasteiger partial charge in [-0.15, -0.1) is 0 Å². The quantitative estimate of drug-likeness (QED) is 0.702. The van der Waals surface area contributed by atoms with Crippen LogP contribution in [-0.2, 0) is 9.59 Å². The van der Waals surface area contributed by atoms with E-state index in [4.69, 9.17) is 0 Å². The van der Waals surface area contributed by atoms with E-state index >= 15 is 0 Å². The van der Waals surface area contributed by atoms with Crippen LogP contribution < -0.4 is 0 Å². The van der Waals surface area contributed by atoms with Crippen LogP contribution in [0.2, 0.25) is 0 Å². The van der Waals surface area contributed by atoms with Crippen LogP contribution in [-0.4, -0.2) is 73.3 Å². The van der Waals surface area contributed by atoms with Crippen molar-refractivity contribution in [1.82, 2.24) is 14.7 Å². The Labute approximate surface area is 115 Å². The molecule has 0 aromatic heterocycles. The zero-order valence-electron chi connectivity index (χ0n) is 12.5. The molecule has 19 heavy (non-hydrogen) atoms. The molecular weight excluding hydrogens is 242 g/mol. The summed E-state index contributed by atoms with van der Waals surface area (Å²) in [6.07, 6.45) is 2.60. The first-order valence-electron chi connectivity index (χ1n) is 6.76. The van der Waals surface area contributed by atoms with E-state index in [0.29, 0.717) is 13.1 Å². The van der Waals surface area contributed by atoms with Crippen LogP contribution >= 0.6 is 0 Å². The lowest BCUT2D eigenvalue weighted by Crippen LogP contribution is -2.39. The molecule has 1 aliphatic rings. The van der Waals surface area contributed by atoms with Gasteiger partial charge in [-0.2, -0.15) is 0 Å². The van der Waals surface area contributed by atoms with Crippen molar-refractivity contribution < 1.29 is 9.59 Å². The Balaban J connectivity index is 2.50. The number of carbonyl (C=O) groups excluding carboxylic acids is 2. The number of hydrogen-bond acceptors (Lipinski definition) is 3. The second-order valence-electron chi connectivity index (χ2n) is 5.46. The van der Waals surface area contributed by atoms with Crippen LogP contribution in [0, 0.1) is 0 Å². The highest BCUT2D eigenvalue weighted by Gasteiger charge is 2.19. The van der Waals surface area contributed by atoms with Gasteiger partial charge >= 0.3 is 0 Å². The molecule has 0 unspecified atom stereocenters. The van der Waals surface area contributed by atoms with Crippen LogP contribution in [0.1, 0.15) is 20.3 Å². The number of hydrogen-bond donors (Lipinski definition) is 0. The van der Waals surface area contributed by atoms with Gasteiger partial charge < -0.3 is 9.80 Å². The Morgan fingerprint density at radius 3 is 2.37 bits per heavy atom. The third-order valence-electron chi connectivity index (χ3n) is 3.17. The van der Waals surface area contributed by atoms with Gasteiger partial charge in [0.15, 0.2) is 0 Å². The minimum Gasteiger partial charge on any atom is -0.348 e. The molecule has 0 aromatic rings. The van der Waals surface area contributed by atoms with E-state index < -0.39 is 0 Å². The molecule has 1 saturated heterocycles. The van der Waals surface area contributed by atoms with Gasteiger partial charge in [-0.05, 0) is 20.3 Å². The highest BCUT2D eigenvalue weighted by molar-refractivity contribution is 5.88. The summed E-state index contributed by atoms with van der Waals surface area (Å²) >= 11 is 0. The number of allylic oxidation sites excluding steroid dienone is 1. The van der Waals surface area contributed by atoms with E-state index in [2.05, 4.69) is 4.90 Å². The summed E-state index contributed by atoms with van der Waals surface area (Å²) in [5.74, 6) is 0.199. The zero-order chi connectivity index (χ0) is 14.4. The third kappa shape index (κ3) is 5.42. The molecule has 1 rings (SSSR count). The number of nitrogens with zero attached hydrogens (tertiary/aromatic N) is 3. The standard InChI is InChI=1S/C14H25N3O2/c1-12(2)10-13(18)17-7-5-6-16(8-9-17)11-14(19)15(3)4/h10H,5-9,11H2,1-4H3. The zero-order valence-corrected chi connectivity index (χ0v) is 12.5. The Hall–Kier alpha value is -1.36. The van der Waals surface area contributed by atoms with E-state index in [1.54, 1.807) is 25.1 Å². The van der Waals surface area contributed by atoms with Crippen molar-refractivity contribution in [1.29, 1.82) is 0 Å². The summed E-state index contributed by atoms with van der Waals surface area (Å²) in [5, 5.41) is 0. The molecule has 0 atom stereocenters. The summed E-state index contributed by atoms with van der Waals surface area (Å²) in [5.41, 5.74) is 1.02. The lowest BCUT2D eigenvalue weighted by molar-refractivity contribution is -0.129. The lowest BCUT2D eigenvalue weighted by atomic mass is 10.3. The second kappa shape index (κ2) is 7.28. The first kappa shape index (κ1) is 15.7. The molecule has 1 heterocycles. The molecule has 0 bridgehead atoms. The van der Waals surface area contributed by atoms with E-state index in [9.17, 15) is 9.59 Å². The molecule has 2 amide bonds. The number of rotatable bonds is 3. The summed E-state index contributed by atoms with van der Waals surface area (Å²) < 4.78 is 0. The van der Waals surface area contributed by atoms with Crippen LogP contribution in [0.4, 0.5) is 0 Å². The SMILES string of the molecule is CC(C)=CC(=O)N1CCCN(CC(=O)N(C)C)CC1. The minimum atomic E-state index is 0.0841. The number of carbonyl (C=O) groups is 2. The predicted octanol–water partition coefficient (Wildman–Crippen LogP) is 0.575. The van der Waals surface area contributed by atoms with Crippen LogP contribution in [0.3, 0.4) is 0 Å². The summed E-state index contributed by atoms with van der Waals surface area (Å²) in [7, 11) is 3.54. The fraction of sp³-hybridized carbons (Fsp3) is 0.714. The molecule has 1 fully saturated rings. The smallest absolute Gasteiger partial charge is 0.246 e. The molecule has 5 heteroatoms. The first-order valence-corrected chi connectivity index (χ1v) is 6.76. The molecule has 0 spiro atoms. The van der Waals surface area contributed by atoms with Gasteiger partial charge in [0.25, 0.3) is 0 Å². The van der Waals surface area contributed by atoms with Crippen molar-refractivity contribution in [3.63, 3.8) is 0 Å². The fourth-order valence-electron chi connectivity index (χ4n) is 2.02. The van der Waals surface area contributed by atoms with Crippen molar-refractivity contribution in [2.45, 2.75) is 20.3 Å². The maximum absolute atomic E-state index is 12.0. The van der Waals surface area contributed by atoms with E-state index in [0.717, 1.165) is 31.6 Å². The topological polar surface area (TPSA) is 43.9 Å². The summed E-state index contributed by atoms with van der Waals surface area (Å²) in [6, 6.07) is 0. The molecule has 0 aromatic carbocycles. The van der Waals surface area contributed by atoms with Crippen molar-refractivity contribution in [2.24, 2.45) is 0 Å². The Bertz CT molecular complexity index is 360. The molecule has 0 saturated carbocycles. The third-order valence-corrected chi connectivity index (χ3v) is 3.17. The Morgan fingerprint density at radius 1 is 1.11 bits per heavy atom. The largest absolute Gasteiger partial charge is 0.348 e. The second-order valence-corrected chi connectivity index (χ2v) is 5.46. The average Bonchev–Trinajstić information content (AvgIpc) is 2.53. The maximum atomic E-state index is 12.0. The molecule has 1 aliphatic heterocycles. The number of amides is 2. The molecule has 108 valence electrons. The van der Waals surface area contributed by atoms with Gasteiger partial charge in [-0.25, -0.2) is 0 Å². The van der Waals surface area contributed by atoms with Gasteiger partial charge in [-0.1, -0.05) is 5.57 Å². The average molecular weight is 267 g/mol. The molecule has 0 radical (unpaired) electrons. The monoisotopic (exact) mass is 267 g/mol. The Morgan fingerprint density at radius 2 is 1.79 bits per heavy atom. The van der Waals surface area contributed by atoms with E-state index in [-0.39, 0.29) is 11.8 Å². The minimum absolute atomic E-state index is 0.0841. The first-order chi connectivity index (χ1) is 8.90. The van der Waals surface area contributed by atoms with Crippen LogP contribution in [0.5, 0.6) is 0 Å². The van der Waals surface area contributed by atoms with Gasteiger partial charge in [0.2, 0.25) is 11.8 Å². The molecular formula is C14H25N3O2. The predicted molar refractivity (Wildman–Crippen MR) is 75.8 cm³/mol. The van der Waals surface area contributed by atoms with Crippen molar-refractivity contribution in [2.75, 3.05) is 46.8 Å². The molecule has 0 aliphatic carbocycles. The van der Waals surface area contributed by atoms with Crippen molar-refractivity contribution >= 4 is 11.8 Å². The van der Waals surface area contributed by atoms with Crippen LogP contribution in [0.15, 0.2) is 11.6 Å². The van der Waals surface area contributed by atoms with Gasteiger partial charge in [0.1, 0.15) is 0 Å². The highest BCUT2D eigenvalue weighted by Crippen LogP contribution is 2.05. The molecule has 5 nitrogen and oxygen atoms in total. The lowest BCUT2D eigenvalue weighted by Gasteiger charge is -2.22. The normalized spacial score (nSPS) is 16.7. The number of likely N-dealkylation sites (N-methyl/N-ethyl adjacent to an activating group) is 1. The van der Waals surface area contributed by atoms with E-state index in [1.165, 1.54) is 0 Å².